The van der Waals surface area contributed by atoms with E-state index in [4.69, 9.17) is 4.74 Å². The highest BCUT2D eigenvalue weighted by molar-refractivity contribution is 6.05. The summed E-state index contributed by atoms with van der Waals surface area (Å²) in [7, 11) is 0. The minimum atomic E-state index is -0.411. The Hall–Kier alpha value is -3.08. The molecule has 0 aliphatic rings. The molecule has 2 aromatic carbocycles. The Balaban J connectivity index is 2.32. The Morgan fingerprint density at radius 3 is 2.21 bits per heavy atom. The fraction of sp³-hybridized carbons (Fsp3) is 0.158. The molecular weight excluding hydrogens is 304 g/mol. The molecule has 2 aromatic heterocycles. The molecule has 0 unspecified atom stereocenters. The van der Waals surface area contributed by atoms with Crippen molar-refractivity contribution in [3.05, 3.63) is 70.1 Å². The second kappa shape index (κ2) is 5.23. The molecule has 0 saturated carbocycles. The van der Waals surface area contributed by atoms with Crippen LogP contribution in [0.2, 0.25) is 0 Å². The standard InChI is InChI=1S/C19H16N2O3/c1-3-24-19(23)17-12(2)20-18(22)14-9-5-7-11-16(14)21(20)15-10-6-4-8-13(15)17/h4-11H,3H2,1-2H3. The first-order valence-corrected chi connectivity index (χ1v) is 7.86. The molecule has 0 aliphatic carbocycles. The number of rotatable bonds is 2. The van der Waals surface area contributed by atoms with Gasteiger partial charge in [0.15, 0.2) is 0 Å². The molecule has 120 valence electrons. The fourth-order valence-corrected chi connectivity index (χ4v) is 3.32. The normalized spacial score (nSPS) is 11.4. The molecule has 5 nitrogen and oxygen atoms in total. The van der Waals surface area contributed by atoms with Gasteiger partial charge in [-0.05, 0) is 32.0 Å². The molecule has 0 amide bonds. The first kappa shape index (κ1) is 14.5. The quantitative estimate of drug-likeness (QED) is 0.533. The first-order chi connectivity index (χ1) is 11.6. The van der Waals surface area contributed by atoms with E-state index >= 15 is 0 Å². The lowest BCUT2D eigenvalue weighted by molar-refractivity contribution is 0.0527. The highest BCUT2D eigenvalue weighted by Crippen LogP contribution is 2.25. The Labute approximate surface area is 137 Å². The molecule has 2 heterocycles. The number of carbonyl (C=O) groups is 1. The summed E-state index contributed by atoms with van der Waals surface area (Å²) in [5.41, 5.74) is 2.49. The van der Waals surface area contributed by atoms with Gasteiger partial charge in [0.05, 0.1) is 34.3 Å². The average Bonchev–Trinajstić information content (AvgIpc) is 2.89. The van der Waals surface area contributed by atoms with Crippen molar-refractivity contribution >= 4 is 27.8 Å². The molecule has 0 aliphatic heterocycles. The number of aryl methyl sites for hydroxylation is 1. The van der Waals surface area contributed by atoms with Gasteiger partial charge in [0.1, 0.15) is 0 Å². The van der Waals surface area contributed by atoms with Gasteiger partial charge in [-0.1, -0.05) is 30.3 Å². The molecule has 0 N–H and O–H groups in total. The van der Waals surface area contributed by atoms with Gasteiger partial charge in [-0.25, -0.2) is 13.8 Å². The van der Waals surface area contributed by atoms with E-state index in [0.717, 1.165) is 16.4 Å². The van der Waals surface area contributed by atoms with Gasteiger partial charge in [0.25, 0.3) is 5.56 Å². The van der Waals surface area contributed by atoms with Crippen molar-refractivity contribution in [1.29, 1.82) is 0 Å². The monoisotopic (exact) mass is 320 g/mol. The van der Waals surface area contributed by atoms with Crippen LogP contribution in [0.4, 0.5) is 0 Å². The molecule has 0 radical (unpaired) electrons. The lowest BCUT2D eigenvalue weighted by Gasteiger charge is -2.14. The van der Waals surface area contributed by atoms with Gasteiger partial charge in [-0.3, -0.25) is 4.79 Å². The zero-order chi connectivity index (χ0) is 16.8. The summed E-state index contributed by atoms with van der Waals surface area (Å²) >= 11 is 0. The van der Waals surface area contributed by atoms with E-state index in [1.165, 1.54) is 0 Å². The zero-order valence-electron chi connectivity index (χ0n) is 13.4. The number of ether oxygens (including phenoxy) is 1. The van der Waals surface area contributed by atoms with Crippen LogP contribution >= 0.6 is 0 Å². The van der Waals surface area contributed by atoms with Gasteiger partial charge in [-0.2, -0.15) is 0 Å². The van der Waals surface area contributed by atoms with Crippen LogP contribution in [0.5, 0.6) is 0 Å². The van der Waals surface area contributed by atoms with Crippen LogP contribution in [-0.2, 0) is 4.74 Å². The number of hydrogen-bond acceptors (Lipinski definition) is 3. The Bertz CT molecular complexity index is 1170. The largest absolute Gasteiger partial charge is 0.462 e. The van der Waals surface area contributed by atoms with E-state index in [0.29, 0.717) is 16.6 Å². The van der Waals surface area contributed by atoms with Crippen molar-refractivity contribution in [1.82, 2.24) is 9.03 Å². The third-order valence-corrected chi connectivity index (χ3v) is 4.32. The minimum absolute atomic E-state index is 0.139. The number of nitrogens with zero attached hydrogens (tertiary/aromatic N) is 2. The summed E-state index contributed by atoms with van der Waals surface area (Å²) in [6.07, 6.45) is 0. The van der Waals surface area contributed by atoms with Crippen molar-refractivity contribution < 1.29 is 9.53 Å². The highest BCUT2D eigenvalue weighted by Gasteiger charge is 2.21. The van der Waals surface area contributed by atoms with E-state index < -0.39 is 5.97 Å². The number of fused-ring (bicyclic) bond motifs is 5. The van der Waals surface area contributed by atoms with Crippen molar-refractivity contribution in [2.24, 2.45) is 0 Å². The maximum atomic E-state index is 12.9. The third-order valence-electron chi connectivity index (χ3n) is 4.32. The number of aromatic nitrogens is 2. The number of para-hydroxylation sites is 2. The summed E-state index contributed by atoms with van der Waals surface area (Å²) in [6.45, 7) is 3.83. The van der Waals surface area contributed by atoms with E-state index in [-0.39, 0.29) is 12.2 Å². The molecule has 4 rings (SSSR count). The van der Waals surface area contributed by atoms with E-state index in [2.05, 4.69) is 0 Å². The molecule has 0 spiro atoms. The summed E-state index contributed by atoms with van der Waals surface area (Å²) in [5.74, 6) is -0.411. The summed E-state index contributed by atoms with van der Waals surface area (Å²) < 4.78 is 8.64. The molecule has 0 saturated heterocycles. The van der Waals surface area contributed by atoms with Crippen molar-refractivity contribution in [2.45, 2.75) is 13.8 Å². The fourth-order valence-electron chi connectivity index (χ4n) is 3.32. The maximum Gasteiger partial charge on any atom is 0.340 e. The maximum absolute atomic E-state index is 12.9. The van der Waals surface area contributed by atoms with Crippen molar-refractivity contribution in [3.8, 4) is 0 Å². The van der Waals surface area contributed by atoms with Crippen LogP contribution in [0.3, 0.4) is 0 Å². The number of carbonyl (C=O) groups excluding carboxylic acids is 1. The van der Waals surface area contributed by atoms with Crippen LogP contribution in [0.15, 0.2) is 53.3 Å². The van der Waals surface area contributed by atoms with E-state index in [1.54, 1.807) is 24.4 Å². The number of hydrogen-bond donors (Lipinski definition) is 0. The minimum Gasteiger partial charge on any atom is -0.462 e. The molecular formula is C19H16N2O3. The molecule has 24 heavy (non-hydrogen) atoms. The number of esters is 1. The summed E-state index contributed by atoms with van der Waals surface area (Å²) in [5, 5.41) is 1.39. The van der Waals surface area contributed by atoms with Crippen LogP contribution in [0, 0.1) is 6.92 Å². The highest BCUT2D eigenvalue weighted by atomic mass is 16.5. The average molecular weight is 320 g/mol. The third kappa shape index (κ3) is 1.81. The van der Waals surface area contributed by atoms with Crippen molar-refractivity contribution in [2.75, 3.05) is 6.61 Å². The lowest BCUT2D eigenvalue weighted by Crippen LogP contribution is -2.20. The van der Waals surface area contributed by atoms with Crippen LogP contribution in [0.1, 0.15) is 23.0 Å². The summed E-state index contributed by atoms with van der Waals surface area (Å²) in [4.78, 5) is 25.4. The Morgan fingerprint density at radius 1 is 0.958 bits per heavy atom. The second-order valence-corrected chi connectivity index (χ2v) is 5.64. The second-order valence-electron chi connectivity index (χ2n) is 5.64. The smallest absolute Gasteiger partial charge is 0.340 e. The van der Waals surface area contributed by atoms with Gasteiger partial charge >= 0.3 is 5.97 Å². The molecule has 0 fully saturated rings. The van der Waals surface area contributed by atoms with Gasteiger partial charge < -0.3 is 4.74 Å². The number of benzene rings is 2. The predicted molar refractivity (Wildman–Crippen MR) is 92.8 cm³/mol. The molecule has 4 aromatic rings. The SMILES string of the molecule is CCOC(=O)c1c(C)n2c(=O)c3ccccc3n2c2ccccc12. The Morgan fingerprint density at radius 2 is 1.54 bits per heavy atom. The molecule has 0 atom stereocenters. The van der Waals surface area contributed by atoms with Gasteiger partial charge in [0, 0.05) is 5.39 Å². The van der Waals surface area contributed by atoms with Gasteiger partial charge in [0.2, 0.25) is 0 Å². The van der Waals surface area contributed by atoms with Crippen molar-refractivity contribution in [3.63, 3.8) is 0 Å². The topological polar surface area (TPSA) is 52.2 Å². The van der Waals surface area contributed by atoms with Gasteiger partial charge in [-0.15, -0.1) is 0 Å². The van der Waals surface area contributed by atoms with E-state index in [1.807, 2.05) is 47.0 Å². The Kier molecular flexibility index (Phi) is 3.16. The molecule has 0 bridgehead atoms. The van der Waals surface area contributed by atoms with Crippen LogP contribution < -0.4 is 5.56 Å². The first-order valence-electron chi connectivity index (χ1n) is 7.86. The zero-order valence-corrected chi connectivity index (χ0v) is 13.4. The van der Waals surface area contributed by atoms with Crippen LogP contribution in [0.25, 0.3) is 21.8 Å². The van der Waals surface area contributed by atoms with Crippen LogP contribution in [-0.4, -0.2) is 21.6 Å². The summed E-state index contributed by atoms with van der Waals surface area (Å²) in [6, 6.07) is 15.0. The van der Waals surface area contributed by atoms with E-state index in [9.17, 15) is 9.59 Å². The molecule has 5 heteroatoms. The lowest BCUT2D eigenvalue weighted by atomic mass is 10.1. The predicted octanol–water partition coefficient (Wildman–Crippen LogP) is 3.19.